The van der Waals surface area contributed by atoms with Crippen LogP contribution in [-0.4, -0.2) is 41.8 Å². The lowest BCUT2D eigenvalue weighted by molar-refractivity contribution is 0.272. The lowest BCUT2D eigenvalue weighted by atomic mass is 10.1. The van der Waals surface area contributed by atoms with Gasteiger partial charge in [-0.3, -0.25) is 0 Å². The van der Waals surface area contributed by atoms with Crippen LogP contribution in [0.25, 0.3) is 10.6 Å². The summed E-state index contributed by atoms with van der Waals surface area (Å²) in [4.78, 5) is 6.84. The fraction of sp³-hybridized carbons (Fsp3) is 0.500. The van der Waals surface area contributed by atoms with Gasteiger partial charge in [0.15, 0.2) is 5.82 Å². The molecular weight excluding hydrogens is 330 g/mol. The van der Waals surface area contributed by atoms with Crippen molar-refractivity contribution in [1.29, 1.82) is 0 Å². The van der Waals surface area contributed by atoms with E-state index in [0.717, 1.165) is 23.5 Å². The van der Waals surface area contributed by atoms with Gasteiger partial charge in [-0.25, -0.2) is 13.4 Å². The van der Waals surface area contributed by atoms with Crippen LogP contribution in [0.3, 0.4) is 0 Å². The fourth-order valence-electron chi connectivity index (χ4n) is 2.96. The highest BCUT2D eigenvalue weighted by Crippen LogP contribution is 2.23. The van der Waals surface area contributed by atoms with Crippen molar-refractivity contribution in [2.75, 3.05) is 13.1 Å². The minimum Gasteiger partial charge on any atom is -0.300 e. The molecule has 1 aliphatic rings. The van der Waals surface area contributed by atoms with Crippen molar-refractivity contribution in [2.45, 2.75) is 38.0 Å². The highest BCUT2D eigenvalue weighted by Gasteiger charge is 2.19. The highest BCUT2D eigenvalue weighted by atomic mass is 32.2. The van der Waals surface area contributed by atoms with Crippen LogP contribution in [0.2, 0.25) is 0 Å². The first-order chi connectivity index (χ1) is 11.1. The second-order valence-corrected chi connectivity index (χ2v) is 7.71. The molecule has 1 aromatic carbocycles. The number of rotatable bonds is 6. The van der Waals surface area contributed by atoms with Crippen LogP contribution in [0.15, 0.2) is 24.3 Å². The molecule has 7 heteroatoms. The standard InChI is InChI=1S/C16H21N3O2S2/c1-12-3-2-9-19(12)10-8-13-4-6-14(7-5-13)16-17-15(18-22-16)11-23(20)21/h4-7,12,23H,2-3,8-11H2,1H3/t12-/m1/s1. The van der Waals surface area contributed by atoms with Gasteiger partial charge in [-0.05, 0) is 49.8 Å². The van der Waals surface area contributed by atoms with E-state index in [1.165, 1.54) is 36.5 Å². The smallest absolute Gasteiger partial charge is 0.157 e. The molecule has 0 amide bonds. The molecule has 0 spiro atoms. The molecule has 0 saturated carbocycles. The Hall–Kier alpha value is -1.31. The van der Waals surface area contributed by atoms with Crippen LogP contribution in [0.1, 0.15) is 31.2 Å². The molecule has 0 radical (unpaired) electrons. The summed E-state index contributed by atoms with van der Waals surface area (Å²) in [7, 11) is -2.47. The number of benzene rings is 1. The van der Waals surface area contributed by atoms with Crippen LogP contribution in [0, 0.1) is 0 Å². The summed E-state index contributed by atoms with van der Waals surface area (Å²) in [6.45, 7) is 4.63. The van der Waals surface area contributed by atoms with Crippen LogP contribution in [0.4, 0.5) is 0 Å². The molecule has 1 aromatic heterocycles. The predicted octanol–water partition coefficient (Wildman–Crippen LogP) is 2.34. The van der Waals surface area contributed by atoms with E-state index in [2.05, 4.69) is 33.3 Å². The second-order valence-electron chi connectivity index (χ2n) is 5.98. The molecule has 124 valence electrons. The molecule has 0 aliphatic carbocycles. The van der Waals surface area contributed by atoms with Crippen molar-refractivity contribution >= 4 is 22.2 Å². The molecule has 0 N–H and O–H groups in total. The highest BCUT2D eigenvalue weighted by molar-refractivity contribution is 7.71. The monoisotopic (exact) mass is 351 g/mol. The Morgan fingerprint density at radius 1 is 1.30 bits per heavy atom. The van der Waals surface area contributed by atoms with E-state index in [-0.39, 0.29) is 5.75 Å². The van der Waals surface area contributed by atoms with Crippen molar-refractivity contribution in [1.82, 2.24) is 14.3 Å². The zero-order chi connectivity index (χ0) is 16.2. The molecule has 2 heterocycles. The molecule has 1 fully saturated rings. The first-order valence-electron chi connectivity index (χ1n) is 7.89. The van der Waals surface area contributed by atoms with Gasteiger partial charge in [-0.2, -0.15) is 4.37 Å². The average Bonchev–Trinajstić information content (AvgIpc) is 3.14. The lowest BCUT2D eigenvalue weighted by Gasteiger charge is -2.20. The topological polar surface area (TPSA) is 63.2 Å². The molecule has 3 rings (SSSR count). The fourth-order valence-corrected chi connectivity index (χ4v) is 4.12. The molecule has 2 aromatic rings. The van der Waals surface area contributed by atoms with Gasteiger partial charge in [0.1, 0.15) is 21.5 Å². The Balaban J connectivity index is 1.61. The summed E-state index contributed by atoms with van der Waals surface area (Å²) in [5, 5.41) is 0.775. The summed E-state index contributed by atoms with van der Waals surface area (Å²) < 4.78 is 25.5. The summed E-state index contributed by atoms with van der Waals surface area (Å²) in [5.74, 6) is 0.297. The predicted molar refractivity (Wildman–Crippen MR) is 93.3 cm³/mol. The Morgan fingerprint density at radius 2 is 2.09 bits per heavy atom. The minimum atomic E-state index is -2.47. The Morgan fingerprint density at radius 3 is 2.74 bits per heavy atom. The largest absolute Gasteiger partial charge is 0.300 e. The van der Waals surface area contributed by atoms with E-state index in [0.29, 0.717) is 11.9 Å². The van der Waals surface area contributed by atoms with E-state index < -0.39 is 10.7 Å². The van der Waals surface area contributed by atoms with Crippen molar-refractivity contribution < 1.29 is 8.42 Å². The third kappa shape index (κ3) is 4.37. The third-order valence-corrected chi connectivity index (χ3v) is 5.66. The Bertz CT molecular complexity index is 717. The first kappa shape index (κ1) is 16.5. The van der Waals surface area contributed by atoms with Gasteiger partial charge < -0.3 is 4.90 Å². The van der Waals surface area contributed by atoms with Crippen LogP contribution >= 0.6 is 11.5 Å². The Kier molecular flexibility index (Phi) is 5.40. The van der Waals surface area contributed by atoms with Gasteiger partial charge in [-0.1, -0.05) is 24.3 Å². The van der Waals surface area contributed by atoms with Crippen LogP contribution < -0.4 is 0 Å². The van der Waals surface area contributed by atoms with Gasteiger partial charge in [-0.15, -0.1) is 0 Å². The minimum absolute atomic E-state index is 0.0854. The first-order valence-corrected chi connectivity index (χ1v) is 10.0. The summed E-state index contributed by atoms with van der Waals surface area (Å²) in [6, 6.07) is 9.06. The molecule has 0 unspecified atom stereocenters. The van der Waals surface area contributed by atoms with Crippen molar-refractivity contribution in [3.63, 3.8) is 0 Å². The number of nitrogens with zero attached hydrogens (tertiary/aromatic N) is 3. The molecule has 1 aliphatic heterocycles. The number of aromatic nitrogens is 2. The summed E-state index contributed by atoms with van der Waals surface area (Å²) in [5.41, 5.74) is 2.31. The summed E-state index contributed by atoms with van der Waals surface area (Å²) >= 11 is 1.25. The van der Waals surface area contributed by atoms with Gasteiger partial charge in [0.05, 0.1) is 0 Å². The van der Waals surface area contributed by atoms with Crippen LogP contribution in [0.5, 0.6) is 0 Å². The molecule has 0 bridgehead atoms. The van der Waals surface area contributed by atoms with Gasteiger partial charge >= 0.3 is 0 Å². The number of thiol groups is 1. The SMILES string of the molecule is C[C@@H]1CCCN1CCc1ccc(-c2nc(C[SH](=O)=O)ns2)cc1. The van der Waals surface area contributed by atoms with Crippen molar-refractivity contribution in [3.05, 3.63) is 35.7 Å². The van der Waals surface area contributed by atoms with Gasteiger partial charge in [0.25, 0.3) is 0 Å². The lowest BCUT2D eigenvalue weighted by Crippen LogP contribution is -2.28. The number of likely N-dealkylation sites (tertiary alicyclic amines) is 1. The quantitative estimate of drug-likeness (QED) is 0.810. The normalized spacial score (nSPS) is 18.8. The van der Waals surface area contributed by atoms with Crippen LogP contribution in [-0.2, 0) is 22.9 Å². The van der Waals surface area contributed by atoms with Gasteiger partial charge in [0.2, 0.25) is 0 Å². The second kappa shape index (κ2) is 7.51. The van der Waals surface area contributed by atoms with E-state index in [1.54, 1.807) is 0 Å². The zero-order valence-electron chi connectivity index (χ0n) is 13.1. The molecule has 1 saturated heterocycles. The van der Waals surface area contributed by atoms with E-state index in [9.17, 15) is 8.42 Å². The van der Waals surface area contributed by atoms with E-state index >= 15 is 0 Å². The number of hydrogen-bond acceptors (Lipinski definition) is 6. The van der Waals surface area contributed by atoms with E-state index in [1.807, 2.05) is 12.1 Å². The molecular formula is C16H21N3O2S2. The maximum absolute atomic E-state index is 10.7. The molecule has 23 heavy (non-hydrogen) atoms. The summed E-state index contributed by atoms with van der Waals surface area (Å²) in [6.07, 6.45) is 3.68. The molecule has 1 atom stereocenters. The third-order valence-electron chi connectivity index (χ3n) is 4.32. The van der Waals surface area contributed by atoms with Crippen molar-refractivity contribution in [2.24, 2.45) is 0 Å². The average molecular weight is 351 g/mol. The van der Waals surface area contributed by atoms with Gasteiger partial charge in [0, 0.05) is 18.2 Å². The molecule has 5 nitrogen and oxygen atoms in total. The number of hydrogen-bond donors (Lipinski definition) is 1. The van der Waals surface area contributed by atoms with Crippen molar-refractivity contribution in [3.8, 4) is 10.6 Å². The van der Waals surface area contributed by atoms with E-state index in [4.69, 9.17) is 0 Å². The zero-order valence-corrected chi connectivity index (χ0v) is 14.9. The maximum Gasteiger partial charge on any atom is 0.157 e. The Labute approximate surface area is 142 Å². The maximum atomic E-state index is 10.7.